The van der Waals surface area contributed by atoms with Gasteiger partial charge in [0.15, 0.2) is 16.3 Å². The Balaban J connectivity index is 1.74. The number of rotatable bonds is 6. The molecule has 0 aliphatic carbocycles. The summed E-state index contributed by atoms with van der Waals surface area (Å²) in [5, 5.41) is 0. The van der Waals surface area contributed by atoms with Gasteiger partial charge in [0.2, 0.25) is 6.79 Å². The van der Waals surface area contributed by atoms with Gasteiger partial charge in [-0.25, -0.2) is 9.79 Å². The number of benzene rings is 2. The third kappa shape index (κ3) is 4.42. The van der Waals surface area contributed by atoms with Crippen LogP contribution in [0.1, 0.15) is 31.0 Å². The van der Waals surface area contributed by atoms with E-state index in [1.54, 1.807) is 51.3 Å². The molecule has 2 aliphatic heterocycles. The number of thiazole rings is 1. The molecule has 11 heteroatoms. The van der Waals surface area contributed by atoms with E-state index in [-0.39, 0.29) is 24.5 Å². The first-order valence-electron chi connectivity index (χ1n) is 11.4. The van der Waals surface area contributed by atoms with Crippen LogP contribution in [0.25, 0.3) is 6.08 Å². The van der Waals surface area contributed by atoms with E-state index in [9.17, 15) is 9.59 Å². The van der Waals surface area contributed by atoms with Crippen LogP contribution in [0.15, 0.2) is 55.9 Å². The molecule has 5 rings (SSSR count). The largest absolute Gasteiger partial charge is 0.497 e. The van der Waals surface area contributed by atoms with E-state index in [2.05, 4.69) is 20.9 Å². The lowest BCUT2D eigenvalue weighted by Crippen LogP contribution is -2.40. The van der Waals surface area contributed by atoms with Crippen LogP contribution in [0.2, 0.25) is 0 Å². The quantitative estimate of drug-likeness (QED) is 0.409. The second kappa shape index (κ2) is 10.1. The third-order valence-electron chi connectivity index (χ3n) is 6.03. The lowest BCUT2D eigenvalue weighted by atomic mass is 9.95. The van der Waals surface area contributed by atoms with Crippen molar-refractivity contribution in [1.82, 2.24) is 4.57 Å². The van der Waals surface area contributed by atoms with E-state index >= 15 is 0 Å². The molecule has 192 valence electrons. The van der Waals surface area contributed by atoms with E-state index in [0.717, 1.165) is 10.0 Å². The molecule has 0 radical (unpaired) electrons. The van der Waals surface area contributed by atoms with Crippen molar-refractivity contribution < 1.29 is 28.5 Å². The molecule has 2 aliphatic rings. The Morgan fingerprint density at radius 3 is 2.68 bits per heavy atom. The molecule has 0 N–H and O–H groups in total. The van der Waals surface area contributed by atoms with Crippen molar-refractivity contribution >= 4 is 39.3 Å². The molecule has 0 amide bonds. The van der Waals surface area contributed by atoms with Gasteiger partial charge in [-0.1, -0.05) is 27.3 Å². The van der Waals surface area contributed by atoms with E-state index in [1.165, 1.54) is 23.0 Å². The zero-order valence-electron chi connectivity index (χ0n) is 20.5. The maximum atomic E-state index is 13.9. The van der Waals surface area contributed by atoms with Crippen molar-refractivity contribution in [3.8, 4) is 23.0 Å². The predicted octanol–water partition coefficient (Wildman–Crippen LogP) is 3.31. The van der Waals surface area contributed by atoms with Gasteiger partial charge >= 0.3 is 5.97 Å². The van der Waals surface area contributed by atoms with Gasteiger partial charge in [0.25, 0.3) is 5.56 Å². The van der Waals surface area contributed by atoms with Gasteiger partial charge in [-0.05, 0) is 49.8 Å². The average Bonchev–Trinajstić information content (AvgIpc) is 3.46. The van der Waals surface area contributed by atoms with Crippen LogP contribution < -0.4 is 33.8 Å². The van der Waals surface area contributed by atoms with Crippen molar-refractivity contribution in [3.05, 3.63) is 76.9 Å². The Morgan fingerprint density at radius 1 is 1.22 bits per heavy atom. The standard InChI is InChI=1S/C26H23BrN2O7S/c1-5-34-25(31)22-13(2)28-26-29(23(22)16-7-6-15(32-3)10-18(16)33-4)24(30)21(37-26)9-14-8-19-20(11-17(14)27)36-12-35-19/h6-11,23H,5,12H2,1-4H3. The Labute approximate surface area is 224 Å². The summed E-state index contributed by atoms with van der Waals surface area (Å²) in [5.41, 5.74) is 1.80. The minimum Gasteiger partial charge on any atom is -0.497 e. The molecule has 3 heterocycles. The Hall–Kier alpha value is -3.57. The molecular weight excluding hydrogens is 564 g/mol. The number of hydrogen-bond donors (Lipinski definition) is 0. The molecule has 0 bridgehead atoms. The number of carbonyl (C=O) groups is 1. The summed E-state index contributed by atoms with van der Waals surface area (Å²) >= 11 is 4.78. The first-order chi connectivity index (χ1) is 17.9. The highest BCUT2D eigenvalue weighted by molar-refractivity contribution is 9.10. The Morgan fingerprint density at radius 2 is 1.97 bits per heavy atom. The van der Waals surface area contributed by atoms with E-state index in [1.807, 2.05) is 6.07 Å². The van der Waals surface area contributed by atoms with Gasteiger partial charge in [0.05, 0.1) is 36.6 Å². The third-order valence-corrected chi connectivity index (χ3v) is 7.70. The molecule has 1 unspecified atom stereocenters. The second-order valence-electron chi connectivity index (χ2n) is 8.14. The molecule has 9 nitrogen and oxygen atoms in total. The van der Waals surface area contributed by atoms with Crippen LogP contribution in [0, 0.1) is 0 Å². The fourth-order valence-corrected chi connectivity index (χ4v) is 5.79. The molecular formula is C26H23BrN2O7S. The van der Waals surface area contributed by atoms with Gasteiger partial charge in [0.1, 0.15) is 17.5 Å². The summed E-state index contributed by atoms with van der Waals surface area (Å²) in [5.74, 6) is 1.74. The maximum Gasteiger partial charge on any atom is 0.338 e. The van der Waals surface area contributed by atoms with Crippen LogP contribution in [0.3, 0.4) is 0 Å². The van der Waals surface area contributed by atoms with E-state index in [0.29, 0.717) is 43.6 Å². The fourth-order valence-electron chi connectivity index (χ4n) is 4.31. The lowest BCUT2D eigenvalue weighted by Gasteiger charge is -2.26. The molecule has 0 spiro atoms. The number of ether oxygens (including phenoxy) is 5. The van der Waals surface area contributed by atoms with Crippen molar-refractivity contribution in [3.63, 3.8) is 0 Å². The van der Waals surface area contributed by atoms with Gasteiger partial charge in [-0.3, -0.25) is 9.36 Å². The van der Waals surface area contributed by atoms with E-state index in [4.69, 9.17) is 23.7 Å². The number of halogens is 1. The number of carbonyl (C=O) groups excluding carboxylic acids is 1. The Bertz CT molecular complexity index is 1620. The maximum absolute atomic E-state index is 13.9. The zero-order chi connectivity index (χ0) is 26.3. The summed E-state index contributed by atoms with van der Waals surface area (Å²) in [6.45, 7) is 3.80. The molecule has 37 heavy (non-hydrogen) atoms. The summed E-state index contributed by atoms with van der Waals surface area (Å²) in [6, 6.07) is 8.07. The minimum atomic E-state index is -0.807. The number of methoxy groups -OCH3 is 2. The molecule has 0 saturated heterocycles. The molecule has 2 aromatic carbocycles. The second-order valence-corrected chi connectivity index (χ2v) is 10.0. The van der Waals surface area contributed by atoms with Gasteiger partial charge in [-0.15, -0.1) is 0 Å². The zero-order valence-corrected chi connectivity index (χ0v) is 22.9. The number of fused-ring (bicyclic) bond motifs is 2. The molecule has 3 aromatic rings. The number of hydrogen-bond acceptors (Lipinski definition) is 9. The molecule has 1 aromatic heterocycles. The van der Waals surface area contributed by atoms with Crippen molar-refractivity contribution in [2.45, 2.75) is 19.9 Å². The first-order valence-corrected chi connectivity index (χ1v) is 13.0. The van der Waals surface area contributed by atoms with Crippen LogP contribution in [0.4, 0.5) is 0 Å². The highest BCUT2D eigenvalue weighted by Crippen LogP contribution is 2.38. The average molecular weight is 587 g/mol. The number of aromatic nitrogens is 1. The van der Waals surface area contributed by atoms with Crippen LogP contribution >= 0.6 is 27.3 Å². The predicted molar refractivity (Wildman–Crippen MR) is 140 cm³/mol. The Kier molecular flexibility index (Phi) is 6.82. The smallest absolute Gasteiger partial charge is 0.338 e. The van der Waals surface area contributed by atoms with Gasteiger partial charge in [0, 0.05) is 16.1 Å². The SMILES string of the molecule is CCOC(=O)C1=C(C)N=c2sc(=Cc3cc4c(cc3Br)OCO4)c(=O)n2C1c1ccc(OC)cc1OC. The van der Waals surface area contributed by atoms with E-state index < -0.39 is 12.0 Å². The van der Waals surface area contributed by atoms with Crippen molar-refractivity contribution in [2.24, 2.45) is 4.99 Å². The van der Waals surface area contributed by atoms with Crippen LogP contribution in [0.5, 0.6) is 23.0 Å². The molecule has 0 saturated carbocycles. The van der Waals surface area contributed by atoms with Crippen LogP contribution in [-0.2, 0) is 9.53 Å². The summed E-state index contributed by atoms with van der Waals surface area (Å²) in [4.78, 5) is 32.1. The molecule has 0 fully saturated rings. The van der Waals surface area contributed by atoms with Gasteiger partial charge < -0.3 is 23.7 Å². The first kappa shape index (κ1) is 25.1. The summed E-state index contributed by atoms with van der Waals surface area (Å²) in [6.07, 6.45) is 1.77. The normalized spacial score (nSPS) is 16.4. The van der Waals surface area contributed by atoms with Crippen molar-refractivity contribution in [2.75, 3.05) is 27.6 Å². The fraction of sp³-hybridized carbons (Fsp3) is 0.269. The molecule has 1 atom stereocenters. The lowest BCUT2D eigenvalue weighted by molar-refractivity contribution is -0.139. The highest BCUT2D eigenvalue weighted by atomic mass is 79.9. The van der Waals surface area contributed by atoms with Crippen molar-refractivity contribution in [1.29, 1.82) is 0 Å². The van der Waals surface area contributed by atoms with Gasteiger partial charge in [-0.2, -0.15) is 0 Å². The van der Waals surface area contributed by atoms with Crippen LogP contribution in [-0.4, -0.2) is 38.2 Å². The topological polar surface area (TPSA) is 97.6 Å². The summed E-state index contributed by atoms with van der Waals surface area (Å²) in [7, 11) is 3.08. The monoisotopic (exact) mass is 586 g/mol. The summed E-state index contributed by atoms with van der Waals surface area (Å²) < 4.78 is 30.0. The highest BCUT2D eigenvalue weighted by Gasteiger charge is 2.35. The number of esters is 1. The number of nitrogens with zero attached hydrogens (tertiary/aromatic N) is 2. The minimum absolute atomic E-state index is 0.146. The number of allylic oxidation sites excluding steroid dienone is 1.